The van der Waals surface area contributed by atoms with Crippen molar-refractivity contribution in [3.8, 4) is 5.88 Å². The summed E-state index contributed by atoms with van der Waals surface area (Å²) < 4.78 is 10.6. The van der Waals surface area contributed by atoms with E-state index in [1.165, 1.54) is 0 Å². The molecule has 0 saturated carbocycles. The molecule has 3 rings (SSSR count). The number of hydrogen-bond acceptors (Lipinski definition) is 6. The first kappa shape index (κ1) is 19.1. The maximum Gasteiger partial charge on any atom is 0.241 e. The van der Waals surface area contributed by atoms with Crippen molar-refractivity contribution in [2.24, 2.45) is 0 Å². The van der Waals surface area contributed by atoms with Gasteiger partial charge in [-0.1, -0.05) is 13.8 Å². The summed E-state index contributed by atoms with van der Waals surface area (Å²) >= 11 is 0. The van der Waals surface area contributed by atoms with Crippen LogP contribution in [0.5, 0.6) is 5.88 Å². The molecule has 3 heterocycles. The number of carbonyl (C=O) groups is 1. The molecule has 2 aliphatic heterocycles. The second-order valence-corrected chi connectivity index (χ2v) is 7.96. The Hall–Kier alpha value is -1.70. The van der Waals surface area contributed by atoms with Crippen LogP contribution >= 0.6 is 0 Å². The van der Waals surface area contributed by atoms with E-state index in [1.807, 2.05) is 11.0 Å². The van der Waals surface area contributed by atoms with Gasteiger partial charge in [-0.25, -0.2) is 4.98 Å². The number of fused-ring (bicyclic) bond motifs is 1. The summed E-state index contributed by atoms with van der Waals surface area (Å²) in [7, 11) is 3.32. The molecule has 1 saturated heterocycles. The molecule has 2 aliphatic rings. The van der Waals surface area contributed by atoms with E-state index in [0.29, 0.717) is 31.6 Å². The van der Waals surface area contributed by atoms with Gasteiger partial charge in [0.1, 0.15) is 0 Å². The second-order valence-electron chi connectivity index (χ2n) is 7.96. The van der Waals surface area contributed by atoms with E-state index < -0.39 is 0 Å². The van der Waals surface area contributed by atoms with Crippen LogP contribution in [0.4, 0.5) is 5.69 Å². The number of piperazine rings is 1. The molecule has 0 spiro atoms. The predicted molar refractivity (Wildman–Crippen MR) is 101 cm³/mol. The van der Waals surface area contributed by atoms with Crippen LogP contribution in [0, 0.1) is 0 Å². The molecule has 0 aliphatic carbocycles. The number of ether oxygens (including phenoxy) is 2. The molecule has 1 fully saturated rings. The normalized spacial score (nSPS) is 25.2. The minimum absolute atomic E-state index is 0.110. The molecule has 2 atom stereocenters. The lowest BCUT2D eigenvalue weighted by Gasteiger charge is -2.39. The average Bonchev–Trinajstić information content (AvgIpc) is 2.88. The van der Waals surface area contributed by atoms with Crippen LogP contribution in [-0.2, 0) is 14.9 Å². The highest BCUT2D eigenvalue weighted by Gasteiger charge is 2.39. The molecule has 0 bridgehead atoms. The fraction of sp³-hybridized carbons (Fsp3) is 0.684. The molecule has 1 amide bonds. The number of nitrogens with one attached hydrogen (secondary N) is 1. The first-order valence-corrected chi connectivity index (χ1v) is 9.17. The van der Waals surface area contributed by atoms with E-state index in [-0.39, 0.29) is 17.4 Å². The van der Waals surface area contributed by atoms with E-state index in [2.05, 4.69) is 36.0 Å². The molecule has 144 valence electrons. The zero-order chi connectivity index (χ0) is 18.9. The smallest absolute Gasteiger partial charge is 0.241 e. The Labute approximate surface area is 155 Å². The Bertz CT molecular complexity index is 664. The molecule has 7 nitrogen and oxygen atoms in total. The molecular formula is C19H30N4O3. The lowest BCUT2D eigenvalue weighted by molar-refractivity contribution is -0.121. The maximum atomic E-state index is 13.1. The molecule has 1 aromatic heterocycles. The SMILES string of the molecule is COC[C@H]1CN[C@H](C)CN1CC(=O)N1CC(C)(C)c2cc(OC)ncc21. The van der Waals surface area contributed by atoms with Gasteiger partial charge < -0.3 is 19.7 Å². The highest BCUT2D eigenvalue weighted by molar-refractivity contribution is 5.97. The van der Waals surface area contributed by atoms with Crippen molar-refractivity contribution in [2.45, 2.75) is 38.3 Å². The number of nitrogens with zero attached hydrogens (tertiary/aromatic N) is 3. The van der Waals surface area contributed by atoms with Crippen molar-refractivity contribution in [3.63, 3.8) is 0 Å². The number of hydrogen-bond donors (Lipinski definition) is 1. The Morgan fingerprint density at radius 2 is 2.19 bits per heavy atom. The summed E-state index contributed by atoms with van der Waals surface area (Å²) in [5.41, 5.74) is 1.89. The van der Waals surface area contributed by atoms with Gasteiger partial charge in [0, 0.05) is 50.3 Å². The summed E-state index contributed by atoms with van der Waals surface area (Å²) in [4.78, 5) is 21.6. The summed E-state index contributed by atoms with van der Waals surface area (Å²) in [6.07, 6.45) is 1.76. The van der Waals surface area contributed by atoms with Crippen LogP contribution in [0.1, 0.15) is 26.3 Å². The highest BCUT2D eigenvalue weighted by atomic mass is 16.5. The number of carbonyl (C=O) groups excluding carboxylic acids is 1. The van der Waals surface area contributed by atoms with Crippen molar-refractivity contribution in [2.75, 3.05) is 51.9 Å². The minimum Gasteiger partial charge on any atom is -0.481 e. The monoisotopic (exact) mass is 362 g/mol. The summed E-state index contributed by atoms with van der Waals surface area (Å²) in [6.45, 7) is 9.79. The van der Waals surface area contributed by atoms with Crippen molar-refractivity contribution in [1.29, 1.82) is 0 Å². The lowest BCUT2D eigenvalue weighted by atomic mass is 9.87. The van der Waals surface area contributed by atoms with Crippen LogP contribution < -0.4 is 15.0 Å². The van der Waals surface area contributed by atoms with Crippen molar-refractivity contribution in [3.05, 3.63) is 17.8 Å². The van der Waals surface area contributed by atoms with Crippen molar-refractivity contribution < 1.29 is 14.3 Å². The van der Waals surface area contributed by atoms with E-state index in [9.17, 15) is 4.79 Å². The number of amides is 1. The molecule has 26 heavy (non-hydrogen) atoms. The molecular weight excluding hydrogens is 332 g/mol. The van der Waals surface area contributed by atoms with E-state index in [1.54, 1.807) is 20.4 Å². The first-order chi connectivity index (χ1) is 12.4. The van der Waals surface area contributed by atoms with E-state index in [0.717, 1.165) is 24.3 Å². The van der Waals surface area contributed by atoms with Gasteiger partial charge in [0.2, 0.25) is 11.8 Å². The quantitative estimate of drug-likeness (QED) is 0.844. The van der Waals surface area contributed by atoms with Gasteiger partial charge in [-0.2, -0.15) is 0 Å². The number of aromatic nitrogens is 1. The lowest BCUT2D eigenvalue weighted by Crippen LogP contribution is -2.59. The topological polar surface area (TPSA) is 66.9 Å². The Morgan fingerprint density at radius 1 is 1.42 bits per heavy atom. The fourth-order valence-corrected chi connectivity index (χ4v) is 3.93. The first-order valence-electron chi connectivity index (χ1n) is 9.17. The van der Waals surface area contributed by atoms with Crippen LogP contribution in [0.3, 0.4) is 0 Å². The molecule has 1 aromatic rings. The summed E-state index contributed by atoms with van der Waals surface area (Å²) in [5, 5.41) is 3.46. The second kappa shape index (κ2) is 7.50. The van der Waals surface area contributed by atoms with E-state index in [4.69, 9.17) is 9.47 Å². The number of pyridine rings is 1. The van der Waals surface area contributed by atoms with Crippen LogP contribution in [-0.4, -0.2) is 74.9 Å². The maximum absolute atomic E-state index is 13.1. The van der Waals surface area contributed by atoms with Gasteiger partial charge in [0.05, 0.1) is 32.1 Å². The van der Waals surface area contributed by atoms with Gasteiger partial charge in [0.15, 0.2) is 0 Å². The van der Waals surface area contributed by atoms with Crippen LogP contribution in [0.15, 0.2) is 12.3 Å². The van der Waals surface area contributed by atoms with Crippen molar-refractivity contribution >= 4 is 11.6 Å². The molecule has 1 N–H and O–H groups in total. The Morgan fingerprint density at radius 3 is 2.88 bits per heavy atom. The third kappa shape index (κ3) is 3.70. The number of anilines is 1. The van der Waals surface area contributed by atoms with Gasteiger partial charge >= 0.3 is 0 Å². The highest BCUT2D eigenvalue weighted by Crippen LogP contribution is 2.41. The largest absolute Gasteiger partial charge is 0.481 e. The minimum atomic E-state index is -0.121. The average molecular weight is 362 g/mol. The molecule has 0 unspecified atom stereocenters. The predicted octanol–water partition coefficient (Wildman–Crippen LogP) is 1.02. The summed E-state index contributed by atoms with van der Waals surface area (Å²) in [5.74, 6) is 0.696. The number of methoxy groups -OCH3 is 2. The molecule has 7 heteroatoms. The Balaban J connectivity index is 1.78. The summed E-state index contributed by atoms with van der Waals surface area (Å²) in [6, 6.07) is 2.52. The zero-order valence-corrected chi connectivity index (χ0v) is 16.4. The molecule has 0 radical (unpaired) electrons. The third-order valence-electron chi connectivity index (χ3n) is 5.37. The zero-order valence-electron chi connectivity index (χ0n) is 16.4. The fourth-order valence-electron chi connectivity index (χ4n) is 3.93. The Kier molecular flexibility index (Phi) is 5.50. The van der Waals surface area contributed by atoms with E-state index >= 15 is 0 Å². The van der Waals surface area contributed by atoms with Gasteiger partial charge in [0.25, 0.3) is 0 Å². The third-order valence-corrected chi connectivity index (χ3v) is 5.37. The molecule has 0 aromatic carbocycles. The van der Waals surface area contributed by atoms with Crippen LogP contribution in [0.25, 0.3) is 0 Å². The van der Waals surface area contributed by atoms with Gasteiger partial charge in [-0.3, -0.25) is 9.69 Å². The van der Waals surface area contributed by atoms with Gasteiger partial charge in [-0.15, -0.1) is 0 Å². The van der Waals surface area contributed by atoms with Crippen molar-refractivity contribution in [1.82, 2.24) is 15.2 Å². The van der Waals surface area contributed by atoms with Gasteiger partial charge in [-0.05, 0) is 12.5 Å². The standard InChI is InChI=1S/C19H30N4O3/c1-13-9-22(14(7-20-13)11-25-4)10-18(24)23-12-19(2,3)15-6-17(26-5)21-8-16(15)23/h6,8,13-14,20H,7,9-12H2,1-5H3/t13-,14-/m1/s1. The number of rotatable bonds is 5. The van der Waals surface area contributed by atoms with Crippen LogP contribution in [0.2, 0.25) is 0 Å².